The van der Waals surface area contributed by atoms with Gasteiger partial charge in [0.25, 0.3) is 5.91 Å². The van der Waals surface area contributed by atoms with Crippen LogP contribution in [0.4, 0.5) is 0 Å². The maximum absolute atomic E-state index is 12.2. The molecule has 0 aromatic heterocycles. The van der Waals surface area contributed by atoms with E-state index in [-0.39, 0.29) is 24.0 Å². The minimum absolute atomic E-state index is 0.0200. The van der Waals surface area contributed by atoms with Crippen molar-refractivity contribution in [3.05, 3.63) is 35.4 Å². The molecular weight excluding hydrogens is 306 g/mol. The Bertz CT molecular complexity index is 554. The second-order valence-corrected chi connectivity index (χ2v) is 6.34. The van der Waals surface area contributed by atoms with E-state index in [0.29, 0.717) is 31.5 Å². The van der Waals surface area contributed by atoms with E-state index >= 15 is 0 Å². The topological polar surface area (TPSA) is 93.5 Å². The SMILES string of the molecule is CC(N)CCC(=O)NCc1cccc(C(=O)NCC2CCCO2)c1. The largest absolute Gasteiger partial charge is 0.376 e. The summed E-state index contributed by atoms with van der Waals surface area (Å²) in [6.07, 6.45) is 3.25. The summed E-state index contributed by atoms with van der Waals surface area (Å²) in [5.74, 6) is -0.142. The van der Waals surface area contributed by atoms with Gasteiger partial charge in [-0.1, -0.05) is 12.1 Å². The third kappa shape index (κ3) is 6.29. The highest BCUT2D eigenvalue weighted by Crippen LogP contribution is 2.11. The lowest BCUT2D eigenvalue weighted by atomic mass is 10.1. The molecule has 1 aliphatic rings. The lowest BCUT2D eigenvalue weighted by Gasteiger charge is -2.11. The molecule has 6 heteroatoms. The Morgan fingerprint density at radius 1 is 1.38 bits per heavy atom. The van der Waals surface area contributed by atoms with E-state index in [1.165, 1.54) is 0 Å². The molecule has 0 saturated carbocycles. The third-order valence-electron chi connectivity index (χ3n) is 4.02. The Balaban J connectivity index is 1.79. The standard InChI is InChI=1S/C18H27N3O3/c1-13(19)7-8-17(22)20-11-14-4-2-5-15(10-14)18(23)21-12-16-6-3-9-24-16/h2,4-5,10,13,16H,3,6-9,11-12,19H2,1H3,(H,20,22)(H,21,23). The normalized spacial score (nSPS) is 18.2. The van der Waals surface area contributed by atoms with Crippen LogP contribution >= 0.6 is 0 Å². The zero-order valence-electron chi connectivity index (χ0n) is 14.2. The van der Waals surface area contributed by atoms with Crippen LogP contribution in [0.2, 0.25) is 0 Å². The first kappa shape index (κ1) is 18.4. The predicted molar refractivity (Wildman–Crippen MR) is 92.5 cm³/mol. The first-order valence-corrected chi connectivity index (χ1v) is 8.55. The molecule has 0 aliphatic carbocycles. The van der Waals surface area contributed by atoms with Crippen molar-refractivity contribution in [2.45, 2.75) is 51.3 Å². The van der Waals surface area contributed by atoms with Crippen molar-refractivity contribution in [3.8, 4) is 0 Å². The maximum atomic E-state index is 12.2. The molecule has 6 nitrogen and oxygen atoms in total. The van der Waals surface area contributed by atoms with Crippen molar-refractivity contribution in [3.63, 3.8) is 0 Å². The van der Waals surface area contributed by atoms with Crippen molar-refractivity contribution in [1.82, 2.24) is 10.6 Å². The van der Waals surface area contributed by atoms with Gasteiger partial charge in [0.05, 0.1) is 6.10 Å². The molecule has 1 fully saturated rings. The Labute approximate surface area is 143 Å². The number of benzene rings is 1. The van der Waals surface area contributed by atoms with Crippen LogP contribution in [0.5, 0.6) is 0 Å². The summed E-state index contributed by atoms with van der Waals surface area (Å²) in [5.41, 5.74) is 7.13. The predicted octanol–water partition coefficient (Wildman–Crippen LogP) is 1.34. The molecule has 1 heterocycles. The van der Waals surface area contributed by atoms with E-state index in [0.717, 1.165) is 25.0 Å². The summed E-state index contributed by atoms with van der Waals surface area (Å²) >= 11 is 0. The van der Waals surface area contributed by atoms with Crippen molar-refractivity contribution >= 4 is 11.8 Å². The number of carbonyl (C=O) groups excluding carboxylic acids is 2. The zero-order valence-corrected chi connectivity index (χ0v) is 14.2. The number of ether oxygens (including phenoxy) is 1. The average Bonchev–Trinajstić information content (AvgIpc) is 3.09. The van der Waals surface area contributed by atoms with E-state index in [2.05, 4.69) is 10.6 Å². The van der Waals surface area contributed by atoms with Gasteiger partial charge in [0, 0.05) is 37.7 Å². The minimum Gasteiger partial charge on any atom is -0.376 e. The van der Waals surface area contributed by atoms with Crippen LogP contribution in [0.25, 0.3) is 0 Å². The lowest BCUT2D eigenvalue weighted by molar-refractivity contribution is -0.121. The molecule has 1 saturated heterocycles. The van der Waals surface area contributed by atoms with Gasteiger partial charge in [-0.3, -0.25) is 9.59 Å². The molecule has 4 N–H and O–H groups in total. The fourth-order valence-corrected chi connectivity index (χ4v) is 2.58. The lowest BCUT2D eigenvalue weighted by Crippen LogP contribution is -2.31. The maximum Gasteiger partial charge on any atom is 0.251 e. The summed E-state index contributed by atoms with van der Waals surface area (Å²) in [5, 5.41) is 5.75. The van der Waals surface area contributed by atoms with Crippen LogP contribution < -0.4 is 16.4 Å². The third-order valence-corrected chi connectivity index (χ3v) is 4.02. The number of nitrogens with two attached hydrogens (primary N) is 1. The molecule has 132 valence electrons. The summed E-state index contributed by atoms with van der Waals surface area (Å²) < 4.78 is 5.50. The molecule has 0 radical (unpaired) electrons. The second kappa shape index (κ2) is 9.39. The first-order chi connectivity index (χ1) is 11.5. The number of rotatable bonds is 8. The summed E-state index contributed by atoms with van der Waals surface area (Å²) in [6, 6.07) is 7.31. The first-order valence-electron chi connectivity index (χ1n) is 8.55. The summed E-state index contributed by atoms with van der Waals surface area (Å²) in [7, 11) is 0. The highest BCUT2D eigenvalue weighted by Gasteiger charge is 2.16. The van der Waals surface area contributed by atoms with Crippen molar-refractivity contribution in [2.75, 3.05) is 13.2 Å². The van der Waals surface area contributed by atoms with Crippen LogP contribution in [0.1, 0.15) is 48.5 Å². The van der Waals surface area contributed by atoms with Gasteiger partial charge in [-0.05, 0) is 43.9 Å². The molecule has 2 unspecified atom stereocenters. The quantitative estimate of drug-likeness (QED) is 0.669. The monoisotopic (exact) mass is 333 g/mol. The zero-order chi connectivity index (χ0) is 17.4. The van der Waals surface area contributed by atoms with E-state index < -0.39 is 0 Å². The minimum atomic E-state index is -0.115. The van der Waals surface area contributed by atoms with Crippen molar-refractivity contribution < 1.29 is 14.3 Å². The Morgan fingerprint density at radius 2 is 2.21 bits per heavy atom. The van der Waals surface area contributed by atoms with E-state index in [1.807, 2.05) is 19.1 Å². The van der Waals surface area contributed by atoms with Crippen LogP contribution in [0.3, 0.4) is 0 Å². The molecule has 1 aromatic rings. The number of hydrogen-bond acceptors (Lipinski definition) is 4. The molecule has 1 aromatic carbocycles. The van der Waals surface area contributed by atoms with Gasteiger partial charge in [-0.15, -0.1) is 0 Å². The Kier molecular flexibility index (Phi) is 7.21. The van der Waals surface area contributed by atoms with E-state index in [9.17, 15) is 9.59 Å². The van der Waals surface area contributed by atoms with Gasteiger partial charge in [0.1, 0.15) is 0 Å². The molecule has 0 bridgehead atoms. The molecule has 2 rings (SSSR count). The number of amides is 2. The van der Waals surface area contributed by atoms with Crippen molar-refractivity contribution in [1.29, 1.82) is 0 Å². The summed E-state index contributed by atoms with van der Waals surface area (Å²) in [4.78, 5) is 23.9. The van der Waals surface area contributed by atoms with Crippen LogP contribution in [-0.2, 0) is 16.1 Å². The van der Waals surface area contributed by atoms with E-state index in [1.54, 1.807) is 12.1 Å². The number of nitrogens with one attached hydrogen (secondary N) is 2. The molecule has 24 heavy (non-hydrogen) atoms. The van der Waals surface area contributed by atoms with Gasteiger partial charge in [0.15, 0.2) is 0 Å². The van der Waals surface area contributed by atoms with Gasteiger partial charge >= 0.3 is 0 Å². The van der Waals surface area contributed by atoms with Gasteiger partial charge in [0.2, 0.25) is 5.91 Å². The molecule has 2 atom stereocenters. The van der Waals surface area contributed by atoms with Crippen molar-refractivity contribution in [2.24, 2.45) is 5.73 Å². The van der Waals surface area contributed by atoms with Gasteiger partial charge < -0.3 is 21.1 Å². The number of hydrogen-bond donors (Lipinski definition) is 3. The van der Waals surface area contributed by atoms with Gasteiger partial charge in [-0.25, -0.2) is 0 Å². The molecule has 2 amide bonds. The number of carbonyl (C=O) groups is 2. The Hall–Kier alpha value is -1.92. The van der Waals surface area contributed by atoms with E-state index in [4.69, 9.17) is 10.5 Å². The molecular formula is C18H27N3O3. The fraction of sp³-hybridized carbons (Fsp3) is 0.556. The Morgan fingerprint density at radius 3 is 2.92 bits per heavy atom. The van der Waals surface area contributed by atoms with Crippen LogP contribution in [0.15, 0.2) is 24.3 Å². The highest BCUT2D eigenvalue weighted by molar-refractivity contribution is 5.94. The highest BCUT2D eigenvalue weighted by atomic mass is 16.5. The molecule has 1 aliphatic heterocycles. The second-order valence-electron chi connectivity index (χ2n) is 6.34. The van der Waals surface area contributed by atoms with Gasteiger partial charge in [-0.2, -0.15) is 0 Å². The van der Waals surface area contributed by atoms with Crippen LogP contribution in [0, 0.1) is 0 Å². The molecule has 0 spiro atoms. The smallest absolute Gasteiger partial charge is 0.251 e. The summed E-state index contributed by atoms with van der Waals surface area (Å²) in [6.45, 7) is 3.60. The van der Waals surface area contributed by atoms with Crippen LogP contribution in [-0.4, -0.2) is 37.1 Å². The fourth-order valence-electron chi connectivity index (χ4n) is 2.58. The average molecular weight is 333 g/mol.